The van der Waals surface area contributed by atoms with Gasteiger partial charge in [-0.15, -0.1) is 0 Å². The maximum atomic E-state index is 12.0. The van der Waals surface area contributed by atoms with E-state index in [9.17, 15) is 13.2 Å². The molecule has 0 radical (unpaired) electrons. The second-order valence-electron chi connectivity index (χ2n) is 5.54. The van der Waals surface area contributed by atoms with Crippen molar-refractivity contribution in [1.29, 1.82) is 0 Å². The molecule has 0 atom stereocenters. The van der Waals surface area contributed by atoms with Gasteiger partial charge >= 0.3 is 5.97 Å². The van der Waals surface area contributed by atoms with Gasteiger partial charge in [-0.1, -0.05) is 20.4 Å². The van der Waals surface area contributed by atoms with Crippen molar-refractivity contribution < 1.29 is 18.3 Å². The Kier molecular flexibility index (Phi) is 3.98. The first-order chi connectivity index (χ1) is 6.81. The van der Waals surface area contributed by atoms with Crippen LogP contribution in [-0.4, -0.2) is 30.0 Å². The zero-order valence-electron chi connectivity index (χ0n) is 10.5. The van der Waals surface area contributed by atoms with Gasteiger partial charge in [0.25, 0.3) is 0 Å². The molecule has 0 aliphatic rings. The number of carboxylic acids is 1. The third-order valence-electron chi connectivity index (χ3n) is 2.56. The number of hydrogen-bond acceptors (Lipinski definition) is 3. The Labute approximate surface area is 97.3 Å². The van der Waals surface area contributed by atoms with E-state index in [0.29, 0.717) is 0 Å². The summed E-state index contributed by atoms with van der Waals surface area (Å²) < 4.78 is 23.0. The molecular formula is C11H20O4S. The van der Waals surface area contributed by atoms with E-state index in [0.717, 1.165) is 0 Å². The highest BCUT2D eigenvalue weighted by Gasteiger charge is 2.38. The molecule has 0 aliphatic heterocycles. The van der Waals surface area contributed by atoms with Crippen molar-refractivity contribution in [2.24, 2.45) is 5.41 Å². The first-order valence-corrected chi connectivity index (χ1v) is 6.61. The van der Waals surface area contributed by atoms with Crippen LogP contribution in [-0.2, 0) is 14.6 Å². The number of carboxylic acid groups (broad SMARTS) is 1. The highest BCUT2D eigenvalue weighted by atomic mass is 32.2. The van der Waals surface area contributed by atoms with E-state index in [1.54, 1.807) is 34.6 Å². The molecule has 0 saturated carbocycles. The maximum absolute atomic E-state index is 12.0. The molecule has 16 heavy (non-hydrogen) atoms. The van der Waals surface area contributed by atoms with Crippen molar-refractivity contribution in [2.45, 2.75) is 39.4 Å². The Hall–Kier alpha value is -0.840. The van der Waals surface area contributed by atoms with E-state index in [1.807, 2.05) is 0 Å². The summed E-state index contributed by atoms with van der Waals surface area (Å²) in [5, 5.41) is 8.82. The molecule has 0 amide bonds. The van der Waals surface area contributed by atoms with Crippen LogP contribution in [0.3, 0.4) is 0 Å². The highest BCUT2D eigenvalue weighted by Crippen LogP contribution is 2.31. The number of carbonyl (C=O) groups is 1. The molecular weight excluding hydrogens is 228 g/mol. The molecule has 0 aromatic heterocycles. The first-order valence-electron chi connectivity index (χ1n) is 4.96. The monoisotopic (exact) mass is 248 g/mol. The molecule has 0 rings (SSSR count). The average Bonchev–Trinajstić information content (AvgIpc) is 1.98. The number of rotatable bonds is 4. The topological polar surface area (TPSA) is 71.4 Å². The number of hydrogen-bond donors (Lipinski definition) is 1. The summed E-state index contributed by atoms with van der Waals surface area (Å²) in [7, 11) is -3.36. The van der Waals surface area contributed by atoms with Gasteiger partial charge < -0.3 is 5.11 Å². The standard InChI is InChI=1S/C11H20O4S/c1-8(9(12)13)11(5,6)7-16(14,15)10(2,3)4/h1,7H2,2-6H3,(H,12,13). The molecule has 5 heteroatoms. The van der Waals surface area contributed by atoms with Gasteiger partial charge in [0.1, 0.15) is 0 Å². The summed E-state index contributed by atoms with van der Waals surface area (Å²) in [6.07, 6.45) is 0. The average molecular weight is 248 g/mol. The molecule has 0 spiro atoms. The molecule has 1 N–H and O–H groups in total. The second-order valence-corrected chi connectivity index (χ2v) is 8.28. The highest BCUT2D eigenvalue weighted by molar-refractivity contribution is 7.92. The lowest BCUT2D eigenvalue weighted by Gasteiger charge is -2.29. The van der Waals surface area contributed by atoms with Crippen LogP contribution in [0.25, 0.3) is 0 Å². The first kappa shape index (κ1) is 15.2. The summed E-state index contributed by atoms with van der Waals surface area (Å²) in [5.74, 6) is -1.37. The molecule has 0 heterocycles. The Morgan fingerprint density at radius 1 is 1.19 bits per heavy atom. The summed E-state index contributed by atoms with van der Waals surface area (Å²) in [6.45, 7) is 11.4. The molecule has 0 fully saturated rings. The minimum absolute atomic E-state index is 0.0830. The van der Waals surface area contributed by atoms with Gasteiger partial charge in [-0.05, 0) is 20.8 Å². The van der Waals surface area contributed by atoms with Crippen molar-refractivity contribution >= 4 is 15.8 Å². The van der Waals surface area contributed by atoms with E-state index in [4.69, 9.17) is 5.11 Å². The molecule has 0 aliphatic carbocycles. The zero-order chi connectivity index (χ0) is 13.4. The Balaban J connectivity index is 5.15. The lowest BCUT2D eigenvalue weighted by molar-refractivity contribution is -0.133. The van der Waals surface area contributed by atoms with E-state index in [-0.39, 0.29) is 11.3 Å². The molecule has 0 saturated heterocycles. The van der Waals surface area contributed by atoms with E-state index >= 15 is 0 Å². The van der Waals surface area contributed by atoms with Gasteiger partial charge in [0, 0.05) is 11.0 Å². The summed E-state index contributed by atoms with van der Waals surface area (Å²) in [6, 6.07) is 0. The lowest BCUT2D eigenvalue weighted by atomic mass is 9.87. The fraction of sp³-hybridized carbons (Fsp3) is 0.727. The predicted octanol–water partition coefficient (Wildman–Crippen LogP) is 1.87. The van der Waals surface area contributed by atoms with Gasteiger partial charge in [-0.2, -0.15) is 0 Å². The van der Waals surface area contributed by atoms with Crippen molar-refractivity contribution in [3.8, 4) is 0 Å². The van der Waals surface area contributed by atoms with Gasteiger partial charge in [-0.25, -0.2) is 13.2 Å². The molecule has 4 nitrogen and oxygen atoms in total. The van der Waals surface area contributed by atoms with Crippen LogP contribution >= 0.6 is 0 Å². The van der Waals surface area contributed by atoms with Crippen molar-refractivity contribution in [3.05, 3.63) is 12.2 Å². The van der Waals surface area contributed by atoms with E-state index in [1.165, 1.54) is 0 Å². The minimum Gasteiger partial charge on any atom is -0.478 e. The van der Waals surface area contributed by atoms with Crippen LogP contribution in [0.15, 0.2) is 12.2 Å². The molecule has 0 bridgehead atoms. The van der Waals surface area contributed by atoms with Gasteiger partial charge in [0.2, 0.25) is 0 Å². The van der Waals surface area contributed by atoms with Crippen LogP contribution < -0.4 is 0 Å². The van der Waals surface area contributed by atoms with E-state index < -0.39 is 26.0 Å². The van der Waals surface area contributed by atoms with Crippen molar-refractivity contribution in [2.75, 3.05) is 5.75 Å². The maximum Gasteiger partial charge on any atom is 0.331 e. The smallest absolute Gasteiger partial charge is 0.331 e. The third-order valence-corrected chi connectivity index (χ3v) is 5.53. The molecule has 0 aromatic carbocycles. The van der Waals surface area contributed by atoms with Crippen molar-refractivity contribution in [3.63, 3.8) is 0 Å². The predicted molar refractivity (Wildman–Crippen MR) is 64.1 cm³/mol. The van der Waals surface area contributed by atoms with Gasteiger partial charge in [-0.3, -0.25) is 0 Å². The molecule has 0 aromatic rings. The Morgan fingerprint density at radius 3 is 1.81 bits per heavy atom. The largest absolute Gasteiger partial charge is 0.478 e. The van der Waals surface area contributed by atoms with Crippen LogP contribution in [0, 0.1) is 5.41 Å². The summed E-state index contributed by atoms with van der Waals surface area (Å²) in [4.78, 5) is 10.8. The normalized spacial score (nSPS) is 13.6. The third kappa shape index (κ3) is 3.33. The Morgan fingerprint density at radius 2 is 1.56 bits per heavy atom. The Bertz CT molecular complexity index is 396. The number of sulfone groups is 1. The minimum atomic E-state index is -3.36. The molecule has 0 unspecified atom stereocenters. The molecule has 94 valence electrons. The van der Waals surface area contributed by atoms with Crippen LogP contribution in [0.2, 0.25) is 0 Å². The second kappa shape index (κ2) is 4.20. The van der Waals surface area contributed by atoms with Crippen LogP contribution in [0.1, 0.15) is 34.6 Å². The van der Waals surface area contributed by atoms with Crippen molar-refractivity contribution in [1.82, 2.24) is 0 Å². The summed E-state index contributed by atoms with van der Waals surface area (Å²) in [5.41, 5.74) is -1.04. The zero-order valence-corrected chi connectivity index (χ0v) is 11.3. The quantitative estimate of drug-likeness (QED) is 0.771. The SMILES string of the molecule is C=C(C(=O)O)C(C)(C)CS(=O)(=O)C(C)(C)C. The van der Waals surface area contributed by atoms with E-state index in [2.05, 4.69) is 6.58 Å². The van der Waals surface area contributed by atoms with Crippen LogP contribution in [0.5, 0.6) is 0 Å². The fourth-order valence-corrected chi connectivity index (χ4v) is 2.63. The van der Waals surface area contributed by atoms with Gasteiger partial charge in [0.15, 0.2) is 9.84 Å². The lowest BCUT2D eigenvalue weighted by Crippen LogP contribution is -2.38. The number of aliphatic carboxylic acids is 1. The fourth-order valence-electron chi connectivity index (χ4n) is 1.07. The van der Waals surface area contributed by atoms with Crippen LogP contribution in [0.4, 0.5) is 0 Å². The summed E-state index contributed by atoms with van der Waals surface area (Å²) >= 11 is 0. The van der Waals surface area contributed by atoms with Gasteiger partial charge in [0.05, 0.1) is 10.5 Å².